The molecule has 2 aliphatic rings. The lowest BCUT2D eigenvalue weighted by molar-refractivity contribution is -0.384. The number of rotatable bonds is 16. The molecule has 2 heterocycles. The molecule has 0 aromatic rings. The molecule has 0 bridgehead atoms. The molecular weight excluding hydrogens is 480 g/mol. The van der Waals surface area contributed by atoms with E-state index >= 15 is 0 Å². The first kappa shape index (κ1) is 31.3. The van der Waals surface area contributed by atoms with Gasteiger partial charge in [-0.05, 0) is 6.42 Å². The van der Waals surface area contributed by atoms with Crippen molar-refractivity contribution in [1.29, 1.82) is 0 Å². The van der Waals surface area contributed by atoms with E-state index in [1.807, 2.05) is 0 Å². The molecule has 12 heteroatoms. The van der Waals surface area contributed by atoms with Gasteiger partial charge in [0.1, 0.15) is 43.2 Å². The second-order valence-electron chi connectivity index (χ2n) is 9.60. The molecule has 9 atom stereocenters. The fourth-order valence-electron chi connectivity index (χ4n) is 4.53. The molecule has 36 heavy (non-hydrogen) atoms. The van der Waals surface area contributed by atoms with Crippen molar-refractivity contribution in [3.63, 3.8) is 0 Å². The molecule has 12 nitrogen and oxygen atoms in total. The van der Waals surface area contributed by atoms with Crippen LogP contribution in [0.25, 0.3) is 0 Å². The molecule has 212 valence electrons. The van der Waals surface area contributed by atoms with Gasteiger partial charge in [0.05, 0.1) is 13.2 Å². The zero-order valence-corrected chi connectivity index (χ0v) is 21.0. The molecule has 2 saturated heterocycles. The maximum Gasteiger partial charge on any atom is 0.306 e. The van der Waals surface area contributed by atoms with Gasteiger partial charge < -0.3 is 54.7 Å². The summed E-state index contributed by atoms with van der Waals surface area (Å²) in [6.07, 6.45) is -3.07. The highest BCUT2D eigenvalue weighted by molar-refractivity contribution is 5.69. The van der Waals surface area contributed by atoms with Gasteiger partial charge in [0.25, 0.3) is 0 Å². The smallest absolute Gasteiger partial charge is 0.306 e. The van der Waals surface area contributed by atoms with Gasteiger partial charge in [0.2, 0.25) is 12.1 Å². The van der Waals surface area contributed by atoms with E-state index in [2.05, 4.69) is 6.92 Å². The Bertz CT molecular complexity index is 636. The Morgan fingerprint density at radius 1 is 0.806 bits per heavy atom. The van der Waals surface area contributed by atoms with Crippen LogP contribution in [0.5, 0.6) is 0 Å². The summed E-state index contributed by atoms with van der Waals surface area (Å²) in [5, 5.41) is 70.1. The number of aliphatic hydroxyl groups is 7. The third-order valence-corrected chi connectivity index (χ3v) is 6.80. The SMILES string of the molecule is CCCCCCCCCCCC(=O)O[C@H]1[C@H](O[C@@]2(CO)O[C@H](CO)[C@@H](O)[C@@H]2O)O[C@H](CO)[C@@H](O)[C@@H]1O. The largest absolute Gasteiger partial charge is 0.454 e. The van der Waals surface area contributed by atoms with Crippen LogP contribution in [0.1, 0.15) is 71.1 Å². The van der Waals surface area contributed by atoms with Crippen molar-refractivity contribution in [2.45, 2.75) is 126 Å². The van der Waals surface area contributed by atoms with E-state index in [-0.39, 0.29) is 6.42 Å². The Kier molecular flexibility index (Phi) is 13.4. The quantitative estimate of drug-likeness (QED) is 0.0970. The minimum absolute atomic E-state index is 0.0564. The molecule has 0 spiro atoms. The summed E-state index contributed by atoms with van der Waals surface area (Å²) >= 11 is 0. The summed E-state index contributed by atoms with van der Waals surface area (Å²) < 4.78 is 21.8. The lowest BCUT2D eigenvalue weighted by Gasteiger charge is -2.44. The van der Waals surface area contributed by atoms with Gasteiger partial charge in [-0.1, -0.05) is 58.3 Å². The van der Waals surface area contributed by atoms with Gasteiger partial charge in [-0.2, -0.15) is 0 Å². The Balaban J connectivity index is 1.96. The number of carbonyl (C=O) groups is 1. The van der Waals surface area contributed by atoms with Gasteiger partial charge in [-0.15, -0.1) is 0 Å². The van der Waals surface area contributed by atoms with Gasteiger partial charge in [-0.25, -0.2) is 0 Å². The Hall–Kier alpha value is -0.930. The van der Waals surface area contributed by atoms with Crippen LogP contribution in [0.2, 0.25) is 0 Å². The van der Waals surface area contributed by atoms with E-state index in [1.54, 1.807) is 0 Å². The summed E-state index contributed by atoms with van der Waals surface area (Å²) in [7, 11) is 0. The Morgan fingerprint density at radius 3 is 1.92 bits per heavy atom. The van der Waals surface area contributed by atoms with Crippen LogP contribution in [-0.4, -0.2) is 116 Å². The van der Waals surface area contributed by atoms with Crippen LogP contribution < -0.4 is 0 Å². The van der Waals surface area contributed by atoms with Crippen LogP contribution in [0.15, 0.2) is 0 Å². The van der Waals surface area contributed by atoms with Gasteiger partial charge in [0.15, 0.2) is 6.10 Å². The number of hydrogen-bond donors (Lipinski definition) is 7. The lowest BCUT2D eigenvalue weighted by Crippen LogP contribution is -2.63. The fraction of sp³-hybridized carbons (Fsp3) is 0.958. The maximum absolute atomic E-state index is 12.5. The van der Waals surface area contributed by atoms with Crippen LogP contribution >= 0.6 is 0 Å². The van der Waals surface area contributed by atoms with Crippen LogP contribution in [-0.2, 0) is 23.7 Å². The average molecular weight is 525 g/mol. The number of ether oxygens (including phenoxy) is 4. The number of esters is 1. The molecule has 0 saturated carbocycles. The second-order valence-corrected chi connectivity index (χ2v) is 9.60. The molecular formula is C24H44O12. The molecule has 0 aromatic carbocycles. The minimum atomic E-state index is -2.28. The van der Waals surface area contributed by atoms with Crippen molar-refractivity contribution in [1.82, 2.24) is 0 Å². The van der Waals surface area contributed by atoms with Crippen molar-refractivity contribution < 1.29 is 59.5 Å². The molecule has 0 unspecified atom stereocenters. The monoisotopic (exact) mass is 524 g/mol. The Morgan fingerprint density at radius 2 is 1.39 bits per heavy atom. The van der Waals surface area contributed by atoms with Gasteiger partial charge in [0, 0.05) is 6.42 Å². The van der Waals surface area contributed by atoms with Crippen molar-refractivity contribution in [2.24, 2.45) is 0 Å². The summed E-state index contributed by atoms with van der Waals surface area (Å²) in [5.41, 5.74) is 0. The predicted molar refractivity (Wildman–Crippen MR) is 124 cm³/mol. The minimum Gasteiger partial charge on any atom is -0.454 e. The summed E-state index contributed by atoms with van der Waals surface area (Å²) in [6.45, 7) is -0.213. The van der Waals surface area contributed by atoms with Gasteiger partial charge in [-0.3, -0.25) is 4.79 Å². The first-order valence-corrected chi connectivity index (χ1v) is 13.0. The normalized spacial score (nSPS) is 36.8. The number of aliphatic hydroxyl groups excluding tert-OH is 7. The van der Waals surface area contributed by atoms with E-state index < -0.39 is 80.6 Å². The molecule has 0 aliphatic carbocycles. The lowest BCUT2D eigenvalue weighted by atomic mass is 9.98. The van der Waals surface area contributed by atoms with Crippen molar-refractivity contribution in [2.75, 3.05) is 19.8 Å². The van der Waals surface area contributed by atoms with Crippen LogP contribution in [0.3, 0.4) is 0 Å². The fourth-order valence-corrected chi connectivity index (χ4v) is 4.53. The standard InChI is InChI=1S/C24H44O12/c1-2-3-4-5-6-7-8-9-10-11-17(28)34-21-20(31)18(29)15(12-25)33-23(21)36-24(14-27)22(32)19(30)16(13-26)35-24/h15-16,18-23,25-27,29-32H,2-14H2,1H3/t15-,16-,18-,19-,20+,21-,22+,23+,24-/m1/s1. The molecule has 0 amide bonds. The van der Waals surface area contributed by atoms with E-state index in [0.717, 1.165) is 25.7 Å². The maximum atomic E-state index is 12.5. The molecule has 2 fully saturated rings. The highest BCUT2D eigenvalue weighted by Gasteiger charge is 2.59. The van der Waals surface area contributed by atoms with Crippen molar-refractivity contribution in [3.8, 4) is 0 Å². The summed E-state index contributed by atoms with van der Waals surface area (Å²) in [6, 6.07) is 0. The molecule has 2 rings (SSSR count). The summed E-state index contributed by atoms with van der Waals surface area (Å²) in [5.74, 6) is -2.95. The first-order chi connectivity index (χ1) is 17.2. The van der Waals surface area contributed by atoms with Crippen LogP contribution in [0, 0.1) is 0 Å². The molecule has 2 aliphatic heterocycles. The average Bonchev–Trinajstić information content (AvgIpc) is 3.12. The first-order valence-electron chi connectivity index (χ1n) is 13.0. The number of unbranched alkanes of at least 4 members (excludes halogenated alkanes) is 8. The topological polar surface area (TPSA) is 196 Å². The molecule has 0 aromatic heterocycles. The zero-order chi connectivity index (χ0) is 26.7. The number of hydrogen-bond acceptors (Lipinski definition) is 12. The van der Waals surface area contributed by atoms with E-state index in [1.165, 1.54) is 25.7 Å². The van der Waals surface area contributed by atoms with Gasteiger partial charge >= 0.3 is 5.97 Å². The second kappa shape index (κ2) is 15.5. The van der Waals surface area contributed by atoms with E-state index in [0.29, 0.717) is 6.42 Å². The molecule has 7 N–H and O–H groups in total. The highest BCUT2D eigenvalue weighted by atomic mass is 16.8. The van der Waals surface area contributed by atoms with Crippen molar-refractivity contribution in [3.05, 3.63) is 0 Å². The predicted octanol–water partition coefficient (Wildman–Crippen LogP) is -0.924. The third kappa shape index (κ3) is 8.03. The Labute approximate surface area is 211 Å². The van der Waals surface area contributed by atoms with Crippen molar-refractivity contribution >= 4 is 5.97 Å². The highest BCUT2D eigenvalue weighted by Crippen LogP contribution is 2.36. The number of carbonyl (C=O) groups excluding carboxylic acids is 1. The van der Waals surface area contributed by atoms with Crippen LogP contribution in [0.4, 0.5) is 0 Å². The van der Waals surface area contributed by atoms with E-state index in [4.69, 9.17) is 18.9 Å². The zero-order valence-electron chi connectivity index (χ0n) is 21.0. The molecule has 0 radical (unpaired) electrons. The third-order valence-electron chi connectivity index (χ3n) is 6.80. The van der Waals surface area contributed by atoms with E-state index in [9.17, 15) is 40.5 Å². The summed E-state index contributed by atoms with van der Waals surface area (Å²) in [4.78, 5) is 12.5.